The normalized spacial score (nSPS) is 18.1. The molecule has 15 heavy (non-hydrogen) atoms. The van der Waals surface area contributed by atoms with Crippen molar-refractivity contribution in [2.45, 2.75) is 22.1 Å². The predicted molar refractivity (Wildman–Crippen MR) is 66.8 cm³/mol. The molecular weight excluding hydrogens is 303 g/mol. The molecule has 1 aliphatic heterocycles. The van der Waals surface area contributed by atoms with Crippen LogP contribution in [0.3, 0.4) is 0 Å². The van der Waals surface area contributed by atoms with Gasteiger partial charge in [0.05, 0.1) is 0 Å². The van der Waals surface area contributed by atoms with Crippen molar-refractivity contribution >= 4 is 63.8 Å². The van der Waals surface area contributed by atoms with E-state index in [1.807, 2.05) is 13.8 Å². The minimum Gasteiger partial charge on any atom is -0.304 e. The molecule has 0 radical (unpaired) electrons. The molecule has 1 N–H and O–H groups in total. The van der Waals surface area contributed by atoms with Crippen molar-refractivity contribution in [1.29, 1.82) is 0 Å². The van der Waals surface area contributed by atoms with Crippen molar-refractivity contribution in [3.05, 3.63) is 0 Å². The van der Waals surface area contributed by atoms with E-state index in [1.165, 1.54) is 4.90 Å². The zero-order chi connectivity index (χ0) is 11.9. The van der Waals surface area contributed by atoms with Crippen molar-refractivity contribution in [3.8, 4) is 0 Å². The van der Waals surface area contributed by atoms with Gasteiger partial charge in [0.1, 0.15) is 12.5 Å². The van der Waals surface area contributed by atoms with Gasteiger partial charge < -0.3 is 4.90 Å². The molecule has 0 aromatic carbocycles. The lowest BCUT2D eigenvalue weighted by Gasteiger charge is -2.37. The summed E-state index contributed by atoms with van der Waals surface area (Å²) in [7, 11) is 0. The summed E-state index contributed by atoms with van der Waals surface area (Å²) in [6.45, 7) is 4.20. The van der Waals surface area contributed by atoms with Crippen LogP contribution in [0.25, 0.3) is 0 Å². The number of hydrogen-bond donors (Lipinski definition) is 1. The molecule has 0 amide bonds. The van der Waals surface area contributed by atoms with Gasteiger partial charge in [0, 0.05) is 5.92 Å². The molecule has 0 aliphatic carbocycles. The maximum atomic E-state index is 6.03. The Morgan fingerprint density at radius 2 is 1.80 bits per heavy atom. The number of nitrogens with one attached hydrogen (secondary N) is 1. The maximum Gasteiger partial charge on any atom is 0.241 e. The van der Waals surface area contributed by atoms with Gasteiger partial charge in [-0.1, -0.05) is 71.9 Å². The fourth-order valence-electron chi connectivity index (χ4n) is 1.17. The monoisotopic (exact) mass is 311 g/mol. The second-order valence-corrected chi connectivity index (χ2v) is 6.98. The van der Waals surface area contributed by atoms with Crippen LogP contribution in [0.2, 0.25) is 0 Å². The number of nitrogens with zero attached hydrogens (tertiary/aromatic N) is 2. The molecule has 0 aromatic rings. The van der Waals surface area contributed by atoms with Gasteiger partial charge in [-0.15, -0.1) is 0 Å². The first kappa shape index (κ1) is 13.8. The Hall–Kier alpha value is 0.720. The van der Waals surface area contributed by atoms with E-state index < -0.39 is 8.25 Å². The zero-order valence-corrected chi connectivity index (χ0v) is 11.8. The van der Waals surface area contributed by atoms with Crippen LogP contribution in [-0.4, -0.2) is 25.7 Å². The summed E-state index contributed by atoms with van der Waals surface area (Å²) >= 11 is 29.2. The van der Waals surface area contributed by atoms with Crippen molar-refractivity contribution < 1.29 is 0 Å². The summed E-state index contributed by atoms with van der Waals surface area (Å²) in [6, 6.07) is 0. The van der Waals surface area contributed by atoms with Crippen molar-refractivity contribution in [3.63, 3.8) is 0 Å². The molecule has 88 valence electrons. The van der Waals surface area contributed by atoms with Gasteiger partial charge in [0.25, 0.3) is 0 Å². The minimum atomic E-state index is -1.82. The van der Waals surface area contributed by atoms with Crippen molar-refractivity contribution in [1.82, 2.24) is 10.3 Å². The Balaban J connectivity index is 2.94. The third-order valence-electron chi connectivity index (χ3n) is 1.90. The van der Waals surface area contributed by atoms with E-state index in [-0.39, 0.29) is 5.92 Å². The topological polar surface area (TPSA) is 27.6 Å². The quantitative estimate of drug-likeness (QED) is 0.625. The van der Waals surface area contributed by atoms with E-state index in [9.17, 15) is 0 Å². The molecule has 0 fully saturated rings. The predicted octanol–water partition coefficient (Wildman–Crippen LogP) is 3.32. The van der Waals surface area contributed by atoms with E-state index in [1.54, 1.807) is 0 Å². The summed E-state index contributed by atoms with van der Waals surface area (Å²) in [5.74, 6) is 0.788. The molecule has 0 unspecified atom stereocenters. The number of amidine groups is 1. The second kappa shape index (κ2) is 4.53. The fourth-order valence-corrected chi connectivity index (χ4v) is 1.76. The van der Waals surface area contributed by atoms with E-state index in [0.717, 1.165) is 0 Å². The van der Waals surface area contributed by atoms with Gasteiger partial charge in [-0.2, -0.15) is 5.10 Å². The lowest BCUT2D eigenvalue weighted by molar-refractivity contribution is 0.350. The molecule has 1 heterocycles. The highest BCUT2D eigenvalue weighted by Gasteiger charge is 2.53. The Morgan fingerprint density at radius 1 is 1.27 bits per heavy atom. The lowest BCUT2D eigenvalue weighted by atomic mass is 10.2. The molecule has 1 rings (SSSR count). The Bertz CT molecular complexity index is 270. The molecule has 0 atom stereocenters. The van der Waals surface area contributed by atoms with Crippen LogP contribution in [0.5, 0.6) is 0 Å². The molecule has 8 heteroatoms. The zero-order valence-electron chi connectivity index (χ0n) is 8.07. The van der Waals surface area contributed by atoms with Crippen LogP contribution < -0.4 is 5.43 Å². The van der Waals surface area contributed by atoms with Gasteiger partial charge in [0.15, 0.2) is 0 Å². The molecule has 1 aliphatic rings. The summed E-state index contributed by atoms with van der Waals surface area (Å²) < 4.78 is -3.47. The standard InChI is InChI=1S/C7H10Cl5N3/c1-4(2)5-14-13-3-15(5)7(11,12)6(8,9)10/h4,13H,3H2,1-2H3. The molecular formula is C7H10Cl5N3. The Kier molecular flexibility index (Phi) is 4.17. The van der Waals surface area contributed by atoms with Crippen LogP contribution in [0.1, 0.15) is 13.8 Å². The SMILES string of the molecule is CC(C)C1=NNCN1C(Cl)(Cl)C(Cl)(Cl)Cl. The smallest absolute Gasteiger partial charge is 0.241 e. The number of alkyl halides is 5. The highest BCUT2D eigenvalue weighted by atomic mass is 35.6. The summed E-state index contributed by atoms with van der Waals surface area (Å²) in [4.78, 5) is 1.52. The molecule has 0 bridgehead atoms. The van der Waals surface area contributed by atoms with Crippen LogP contribution in [0, 0.1) is 5.92 Å². The summed E-state index contributed by atoms with van der Waals surface area (Å²) in [5.41, 5.74) is 2.75. The molecule has 3 nitrogen and oxygen atoms in total. The molecule has 0 saturated heterocycles. The average molecular weight is 313 g/mol. The van der Waals surface area contributed by atoms with E-state index >= 15 is 0 Å². The van der Waals surface area contributed by atoms with Gasteiger partial charge in [0.2, 0.25) is 8.25 Å². The van der Waals surface area contributed by atoms with Crippen molar-refractivity contribution in [2.75, 3.05) is 6.67 Å². The highest BCUT2D eigenvalue weighted by Crippen LogP contribution is 2.48. The number of rotatable bonds is 2. The van der Waals surface area contributed by atoms with Crippen LogP contribution in [0.15, 0.2) is 5.10 Å². The van der Waals surface area contributed by atoms with Crippen LogP contribution >= 0.6 is 58.0 Å². The third kappa shape index (κ3) is 2.70. The van der Waals surface area contributed by atoms with Gasteiger partial charge >= 0.3 is 0 Å². The van der Waals surface area contributed by atoms with Crippen molar-refractivity contribution in [2.24, 2.45) is 11.0 Å². The largest absolute Gasteiger partial charge is 0.304 e. The molecule has 0 saturated carbocycles. The number of hydrogen-bond acceptors (Lipinski definition) is 3. The van der Waals surface area contributed by atoms with E-state index in [0.29, 0.717) is 12.5 Å². The summed E-state index contributed by atoms with van der Waals surface area (Å²) in [6.07, 6.45) is 0. The molecule has 0 aromatic heterocycles. The van der Waals surface area contributed by atoms with Gasteiger partial charge in [-0.3, -0.25) is 5.43 Å². The van der Waals surface area contributed by atoms with Crippen LogP contribution in [0.4, 0.5) is 0 Å². The van der Waals surface area contributed by atoms with Crippen LogP contribution in [-0.2, 0) is 0 Å². The summed E-state index contributed by atoms with van der Waals surface area (Å²) in [5, 5.41) is 4.04. The highest BCUT2D eigenvalue weighted by molar-refractivity contribution is 6.75. The Labute approximate surface area is 114 Å². The average Bonchev–Trinajstić information content (AvgIpc) is 2.48. The molecule has 0 spiro atoms. The first-order valence-electron chi connectivity index (χ1n) is 4.20. The first-order chi connectivity index (χ1) is 6.68. The van der Waals surface area contributed by atoms with E-state index in [2.05, 4.69) is 10.5 Å². The van der Waals surface area contributed by atoms with Gasteiger partial charge in [-0.25, -0.2) is 0 Å². The third-order valence-corrected chi connectivity index (χ3v) is 4.27. The maximum absolute atomic E-state index is 6.03. The number of halogens is 5. The van der Waals surface area contributed by atoms with Gasteiger partial charge in [-0.05, 0) is 0 Å². The first-order valence-corrected chi connectivity index (χ1v) is 6.09. The van der Waals surface area contributed by atoms with E-state index in [4.69, 9.17) is 58.0 Å². The lowest BCUT2D eigenvalue weighted by Crippen LogP contribution is -2.52. The minimum absolute atomic E-state index is 0.129. The second-order valence-electron chi connectivity index (χ2n) is 3.41. The Morgan fingerprint density at radius 3 is 2.20 bits per heavy atom. The number of hydrazone groups is 1. The fraction of sp³-hybridized carbons (Fsp3) is 0.857.